The summed E-state index contributed by atoms with van der Waals surface area (Å²) in [6.07, 6.45) is 76.5. The van der Waals surface area contributed by atoms with Crippen LogP contribution in [0.5, 0.6) is 0 Å². The molecule has 0 radical (unpaired) electrons. The van der Waals surface area contributed by atoms with Crippen LogP contribution in [0.15, 0.2) is 60.8 Å². The first-order chi connectivity index (χ1) is 35.5. The zero-order valence-electron chi connectivity index (χ0n) is 47.9. The fraction of sp³-hybridized carbons (Fsp3) is 0.803. The van der Waals surface area contributed by atoms with Crippen molar-refractivity contribution in [2.75, 3.05) is 13.2 Å². The fourth-order valence-electron chi connectivity index (χ4n) is 8.96. The summed E-state index contributed by atoms with van der Waals surface area (Å²) in [6.45, 7) is 6.59. The molecule has 0 aromatic rings. The molecule has 0 aromatic heterocycles. The molecule has 0 amide bonds. The third-order valence-corrected chi connectivity index (χ3v) is 13.7. The van der Waals surface area contributed by atoms with E-state index in [1.165, 1.54) is 193 Å². The van der Waals surface area contributed by atoms with Crippen molar-refractivity contribution in [1.29, 1.82) is 0 Å². The molecule has 0 aliphatic heterocycles. The number of hydrogen-bond acceptors (Lipinski definition) is 6. The van der Waals surface area contributed by atoms with Crippen LogP contribution in [0, 0.1) is 0 Å². The lowest BCUT2D eigenvalue weighted by Gasteiger charge is -2.18. The van der Waals surface area contributed by atoms with Crippen LogP contribution in [-0.2, 0) is 28.6 Å². The first-order valence-corrected chi connectivity index (χ1v) is 31.3. The predicted molar refractivity (Wildman–Crippen MR) is 312 cm³/mol. The van der Waals surface area contributed by atoms with Gasteiger partial charge in [0.15, 0.2) is 6.10 Å². The van der Waals surface area contributed by atoms with Crippen LogP contribution in [0.2, 0.25) is 0 Å². The van der Waals surface area contributed by atoms with Crippen molar-refractivity contribution >= 4 is 17.9 Å². The van der Waals surface area contributed by atoms with Crippen LogP contribution in [-0.4, -0.2) is 37.2 Å². The second-order valence-corrected chi connectivity index (χ2v) is 21.0. The van der Waals surface area contributed by atoms with Gasteiger partial charge in [-0.2, -0.15) is 0 Å². The summed E-state index contributed by atoms with van der Waals surface area (Å²) in [5, 5.41) is 0. The Labute approximate surface area is 447 Å². The third kappa shape index (κ3) is 58.0. The number of hydrogen-bond donors (Lipinski definition) is 0. The minimum Gasteiger partial charge on any atom is -0.462 e. The number of rotatable bonds is 57. The smallest absolute Gasteiger partial charge is 0.306 e. The summed E-state index contributed by atoms with van der Waals surface area (Å²) >= 11 is 0. The third-order valence-electron chi connectivity index (χ3n) is 13.7. The molecule has 0 heterocycles. The van der Waals surface area contributed by atoms with Crippen molar-refractivity contribution in [1.82, 2.24) is 0 Å². The molecule has 0 aliphatic carbocycles. The van der Waals surface area contributed by atoms with Gasteiger partial charge in [0.05, 0.1) is 0 Å². The van der Waals surface area contributed by atoms with Gasteiger partial charge in [0.2, 0.25) is 0 Å². The molecule has 0 spiro atoms. The second kappa shape index (κ2) is 60.7. The van der Waals surface area contributed by atoms with Crippen molar-refractivity contribution in [3.8, 4) is 0 Å². The van der Waals surface area contributed by atoms with Crippen LogP contribution in [0.4, 0.5) is 0 Å². The maximum Gasteiger partial charge on any atom is 0.306 e. The Morgan fingerprint density at radius 3 is 0.847 bits per heavy atom. The average Bonchev–Trinajstić information content (AvgIpc) is 3.38. The topological polar surface area (TPSA) is 78.9 Å². The van der Waals surface area contributed by atoms with E-state index in [1.807, 2.05) is 0 Å². The van der Waals surface area contributed by atoms with E-state index < -0.39 is 6.10 Å². The molecular formula is C66H118O6. The molecule has 0 aliphatic rings. The van der Waals surface area contributed by atoms with Gasteiger partial charge in [-0.1, -0.05) is 261 Å². The van der Waals surface area contributed by atoms with Gasteiger partial charge in [-0.25, -0.2) is 0 Å². The van der Waals surface area contributed by atoms with Crippen molar-refractivity contribution < 1.29 is 28.6 Å². The molecule has 0 saturated carbocycles. The molecule has 0 rings (SSSR count). The predicted octanol–water partition coefficient (Wildman–Crippen LogP) is 21.2. The van der Waals surface area contributed by atoms with Crippen molar-refractivity contribution in [3.05, 3.63) is 60.8 Å². The average molecular weight is 1010 g/mol. The highest BCUT2D eigenvalue weighted by atomic mass is 16.6. The Morgan fingerprint density at radius 1 is 0.278 bits per heavy atom. The van der Waals surface area contributed by atoms with Gasteiger partial charge in [-0.05, 0) is 103 Å². The Morgan fingerprint density at radius 2 is 0.514 bits per heavy atom. The normalized spacial score (nSPS) is 12.4. The van der Waals surface area contributed by atoms with E-state index in [0.29, 0.717) is 19.3 Å². The molecule has 0 fully saturated rings. The van der Waals surface area contributed by atoms with Gasteiger partial charge in [0.25, 0.3) is 0 Å². The van der Waals surface area contributed by atoms with Crippen molar-refractivity contribution in [2.45, 2.75) is 329 Å². The van der Waals surface area contributed by atoms with E-state index in [0.717, 1.165) is 89.9 Å². The summed E-state index contributed by atoms with van der Waals surface area (Å²) in [5.74, 6) is -0.890. The largest absolute Gasteiger partial charge is 0.462 e. The molecule has 0 bridgehead atoms. The number of esters is 3. The van der Waals surface area contributed by atoms with E-state index in [2.05, 4.69) is 81.5 Å². The number of carbonyl (C=O) groups excluding carboxylic acids is 3. The van der Waals surface area contributed by atoms with Crippen LogP contribution in [0.3, 0.4) is 0 Å². The lowest BCUT2D eigenvalue weighted by Crippen LogP contribution is -2.30. The van der Waals surface area contributed by atoms with Gasteiger partial charge in [-0.15, -0.1) is 0 Å². The summed E-state index contributed by atoms with van der Waals surface area (Å²) in [5.41, 5.74) is 0. The molecule has 6 nitrogen and oxygen atoms in total. The van der Waals surface area contributed by atoms with Gasteiger partial charge >= 0.3 is 17.9 Å². The van der Waals surface area contributed by atoms with Gasteiger partial charge in [-0.3, -0.25) is 14.4 Å². The highest BCUT2D eigenvalue weighted by Crippen LogP contribution is 2.16. The lowest BCUT2D eigenvalue weighted by molar-refractivity contribution is -0.167. The van der Waals surface area contributed by atoms with E-state index in [4.69, 9.17) is 14.2 Å². The van der Waals surface area contributed by atoms with Crippen molar-refractivity contribution in [3.63, 3.8) is 0 Å². The lowest BCUT2D eigenvalue weighted by atomic mass is 10.0. The molecule has 72 heavy (non-hydrogen) atoms. The molecule has 6 heteroatoms. The number of allylic oxidation sites excluding steroid dienone is 10. The number of unbranched alkanes of at least 4 members (excludes halogenated alkanes) is 36. The minimum absolute atomic E-state index is 0.0809. The minimum atomic E-state index is -0.785. The Balaban J connectivity index is 4.32. The number of carbonyl (C=O) groups is 3. The Hall–Kier alpha value is -2.89. The molecule has 1 atom stereocenters. The first kappa shape index (κ1) is 69.1. The van der Waals surface area contributed by atoms with Crippen LogP contribution >= 0.6 is 0 Å². The molecular weight excluding hydrogens is 889 g/mol. The summed E-state index contributed by atoms with van der Waals surface area (Å²) < 4.78 is 16.9. The highest BCUT2D eigenvalue weighted by molar-refractivity contribution is 5.71. The molecule has 0 N–H and O–H groups in total. The quantitative estimate of drug-likeness (QED) is 0.0261. The van der Waals surface area contributed by atoms with Crippen LogP contribution < -0.4 is 0 Å². The zero-order chi connectivity index (χ0) is 52.2. The fourth-order valence-corrected chi connectivity index (χ4v) is 8.96. The van der Waals surface area contributed by atoms with E-state index >= 15 is 0 Å². The Kier molecular flexibility index (Phi) is 58.2. The van der Waals surface area contributed by atoms with E-state index in [1.54, 1.807) is 0 Å². The molecule has 0 aromatic carbocycles. The molecule has 418 valence electrons. The van der Waals surface area contributed by atoms with Crippen LogP contribution in [0.1, 0.15) is 323 Å². The molecule has 0 saturated heterocycles. The van der Waals surface area contributed by atoms with E-state index in [9.17, 15) is 14.4 Å². The van der Waals surface area contributed by atoms with Gasteiger partial charge in [0, 0.05) is 19.3 Å². The maximum atomic E-state index is 12.9. The maximum absolute atomic E-state index is 12.9. The van der Waals surface area contributed by atoms with Crippen molar-refractivity contribution in [2.24, 2.45) is 0 Å². The summed E-state index contributed by atoms with van der Waals surface area (Å²) in [7, 11) is 0. The zero-order valence-corrected chi connectivity index (χ0v) is 47.9. The molecule has 1 unspecified atom stereocenters. The number of ether oxygens (including phenoxy) is 3. The Bertz CT molecular complexity index is 1290. The van der Waals surface area contributed by atoms with E-state index in [-0.39, 0.29) is 31.1 Å². The summed E-state index contributed by atoms with van der Waals surface area (Å²) in [6, 6.07) is 0. The second-order valence-electron chi connectivity index (χ2n) is 21.0. The highest BCUT2D eigenvalue weighted by Gasteiger charge is 2.19. The summed E-state index contributed by atoms with van der Waals surface area (Å²) in [4.78, 5) is 38.3. The monoisotopic (exact) mass is 1010 g/mol. The SMILES string of the molecule is CCCC/C=C\C/C=C\CCCCCCCC(=O)OCC(COC(=O)CCCCCCCCCCCCC/C=C\CCCCCCCCCC)OC(=O)CCCCCCCCC/C=C\C/C=C\CCCCC. The van der Waals surface area contributed by atoms with Crippen LogP contribution in [0.25, 0.3) is 0 Å². The van der Waals surface area contributed by atoms with Gasteiger partial charge < -0.3 is 14.2 Å². The van der Waals surface area contributed by atoms with Gasteiger partial charge in [0.1, 0.15) is 13.2 Å². The standard InChI is InChI=1S/C66H118O6/c1-4-7-10-13-16-19-22-25-28-30-31-32-33-34-35-37-38-41-44-47-50-53-56-59-65(68)71-62-63(61-70-64(67)58-55-52-49-46-43-40-27-24-21-18-15-12-9-6-3)72-66(69)60-57-54-51-48-45-42-39-36-29-26-23-20-17-14-11-8-5-2/h15,17-18,20,24,26-27,29-31,63H,4-14,16,19,21-23,25,28,32-62H2,1-3H3/b18-15-,20-17-,27-24-,29-26-,31-30-. The first-order valence-electron chi connectivity index (χ1n) is 31.3.